The van der Waals surface area contributed by atoms with Crippen LogP contribution in [0.2, 0.25) is 10.0 Å². The van der Waals surface area contributed by atoms with Crippen molar-refractivity contribution in [3.05, 3.63) is 33.8 Å². The van der Waals surface area contributed by atoms with E-state index in [1.807, 2.05) is 12.1 Å². The number of carbonyl (C=O) groups excluding carboxylic acids is 1. The van der Waals surface area contributed by atoms with Gasteiger partial charge in [-0.2, -0.15) is 0 Å². The zero-order valence-electron chi connectivity index (χ0n) is 12.1. The van der Waals surface area contributed by atoms with E-state index in [9.17, 15) is 4.79 Å². The van der Waals surface area contributed by atoms with Gasteiger partial charge in [-0.25, -0.2) is 0 Å². The molecule has 0 aromatic heterocycles. The monoisotopic (exact) mass is 350 g/mol. The van der Waals surface area contributed by atoms with Gasteiger partial charge in [0.15, 0.2) is 0 Å². The Morgan fingerprint density at radius 3 is 2.52 bits per heavy atom. The molecule has 0 atom stereocenters. The van der Waals surface area contributed by atoms with Crippen LogP contribution in [0.4, 0.5) is 0 Å². The van der Waals surface area contributed by atoms with Crippen LogP contribution in [0.15, 0.2) is 18.2 Å². The molecular weight excluding hydrogens is 331 g/mol. The van der Waals surface area contributed by atoms with Gasteiger partial charge in [-0.15, -0.1) is 12.4 Å². The molecule has 0 unspecified atom stereocenters. The average molecular weight is 352 g/mol. The predicted molar refractivity (Wildman–Crippen MR) is 90.1 cm³/mol. The van der Waals surface area contributed by atoms with Crippen LogP contribution in [0, 0.1) is 5.41 Å². The normalized spacial score (nSPS) is 16.4. The highest BCUT2D eigenvalue weighted by Crippen LogP contribution is 2.39. The summed E-state index contributed by atoms with van der Waals surface area (Å²) < 4.78 is 0. The maximum Gasteiger partial charge on any atom is 0.230 e. The topological polar surface area (TPSA) is 46.3 Å². The summed E-state index contributed by atoms with van der Waals surface area (Å²) in [7, 11) is 1.80. The van der Waals surface area contributed by atoms with Crippen molar-refractivity contribution in [2.45, 2.75) is 32.2 Å². The molecule has 1 aromatic carbocycles. The van der Waals surface area contributed by atoms with Crippen LogP contribution in [-0.4, -0.2) is 24.4 Å². The minimum atomic E-state index is -0.375. The van der Waals surface area contributed by atoms with Crippen LogP contribution in [-0.2, 0) is 11.3 Å². The van der Waals surface area contributed by atoms with Gasteiger partial charge in [-0.05, 0) is 24.5 Å². The minimum Gasteiger partial charge on any atom is -0.341 e. The zero-order chi connectivity index (χ0) is 14.8. The van der Waals surface area contributed by atoms with Crippen molar-refractivity contribution in [2.75, 3.05) is 13.6 Å². The number of amides is 1. The molecule has 0 radical (unpaired) electrons. The highest BCUT2D eigenvalue weighted by Gasteiger charge is 2.41. The van der Waals surface area contributed by atoms with Crippen LogP contribution >= 0.6 is 35.6 Å². The van der Waals surface area contributed by atoms with E-state index in [1.165, 1.54) is 0 Å². The summed E-state index contributed by atoms with van der Waals surface area (Å²) in [5.41, 5.74) is 6.35. The van der Waals surface area contributed by atoms with E-state index < -0.39 is 0 Å². The number of benzene rings is 1. The Kier molecular flexibility index (Phi) is 6.79. The molecule has 0 aliphatic heterocycles. The van der Waals surface area contributed by atoms with Gasteiger partial charge in [0.1, 0.15) is 0 Å². The number of carbonyl (C=O) groups is 1. The van der Waals surface area contributed by atoms with Crippen molar-refractivity contribution in [1.82, 2.24) is 4.90 Å². The second-order valence-corrected chi connectivity index (χ2v) is 6.35. The molecule has 0 heterocycles. The second kappa shape index (κ2) is 7.68. The summed E-state index contributed by atoms with van der Waals surface area (Å²) in [6.45, 7) is 0.874. The molecule has 6 heteroatoms. The maximum atomic E-state index is 12.7. The second-order valence-electron chi connectivity index (χ2n) is 5.57. The van der Waals surface area contributed by atoms with E-state index in [0.29, 0.717) is 23.1 Å². The van der Waals surface area contributed by atoms with Crippen molar-refractivity contribution in [3.8, 4) is 0 Å². The fraction of sp³-hybridized carbons (Fsp3) is 0.533. The first-order valence-corrected chi connectivity index (χ1v) is 7.64. The molecule has 1 fully saturated rings. The first-order valence-electron chi connectivity index (χ1n) is 6.89. The molecule has 21 heavy (non-hydrogen) atoms. The minimum absolute atomic E-state index is 0. The van der Waals surface area contributed by atoms with Gasteiger partial charge in [0.05, 0.1) is 15.5 Å². The summed E-state index contributed by atoms with van der Waals surface area (Å²) in [5.74, 6) is 0.119. The van der Waals surface area contributed by atoms with Crippen LogP contribution < -0.4 is 5.73 Å². The highest BCUT2D eigenvalue weighted by molar-refractivity contribution is 6.42. The molecule has 2 N–H and O–H groups in total. The third-order valence-corrected chi connectivity index (χ3v) is 5.05. The summed E-state index contributed by atoms with van der Waals surface area (Å²) >= 11 is 12.2. The van der Waals surface area contributed by atoms with Crippen molar-refractivity contribution in [3.63, 3.8) is 0 Å². The fourth-order valence-electron chi connectivity index (χ4n) is 2.96. The van der Waals surface area contributed by atoms with Crippen LogP contribution in [0.1, 0.15) is 31.2 Å². The molecule has 1 amide bonds. The van der Waals surface area contributed by atoms with E-state index in [1.54, 1.807) is 18.0 Å². The number of halogens is 3. The number of rotatable bonds is 4. The molecule has 1 aromatic rings. The lowest BCUT2D eigenvalue weighted by Crippen LogP contribution is -2.44. The van der Waals surface area contributed by atoms with E-state index in [-0.39, 0.29) is 23.7 Å². The Bertz CT molecular complexity index is 502. The quantitative estimate of drug-likeness (QED) is 0.894. The largest absolute Gasteiger partial charge is 0.341 e. The summed E-state index contributed by atoms with van der Waals surface area (Å²) in [4.78, 5) is 14.4. The molecule has 2 rings (SSSR count). The van der Waals surface area contributed by atoms with Gasteiger partial charge in [-0.1, -0.05) is 48.2 Å². The first kappa shape index (κ1) is 18.6. The van der Waals surface area contributed by atoms with E-state index in [0.717, 1.165) is 31.2 Å². The third kappa shape index (κ3) is 3.84. The summed E-state index contributed by atoms with van der Waals surface area (Å²) in [6.07, 6.45) is 3.93. The molecule has 0 bridgehead atoms. The summed E-state index contributed by atoms with van der Waals surface area (Å²) in [5, 5.41) is 1.03. The smallest absolute Gasteiger partial charge is 0.230 e. The number of hydrogen-bond donors (Lipinski definition) is 1. The SMILES string of the molecule is CN(Cc1cccc(Cl)c1Cl)C(=O)C1(CN)CCCC1.Cl. The van der Waals surface area contributed by atoms with E-state index in [4.69, 9.17) is 28.9 Å². The Hall–Kier alpha value is -0.480. The standard InChI is InChI=1S/C15H20Cl2N2O.ClH/c1-19(9-11-5-4-6-12(16)13(11)17)14(20)15(10-18)7-2-3-8-15;/h4-6H,2-3,7-10,18H2,1H3;1H. The van der Waals surface area contributed by atoms with Crippen molar-refractivity contribution in [2.24, 2.45) is 11.1 Å². The fourth-order valence-corrected chi connectivity index (χ4v) is 3.34. The maximum absolute atomic E-state index is 12.7. The lowest BCUT2D eigenvalue weighted by Gasteiger charge is -2.31. The number of nitrogens with two attached hydrogens (primary N) is 1. The zero-order valence-corrected chi connectivity index (χ0v) is 14.4. The molecular formula is C15H21Cl3N2O. The molecule has 1 aliphatic rings. The predicted octanol–water partition coefficient (Wildman–Crippen LogP) is 3.89. The van der Waals surface area contributed by atoms with Gasteiger partial charge in [0, 0.05) is 20.1 Å². The molecule has 3 nitrogen and oxygen atoms in total. The van der Waals surface area contributed by atoms with Crippen LogP contribution in [0.3, 0.4) is 0 Å². The van der Waals surface area contributed by atoms with Crippen molar-refractivity contribution in [1.29, 1.82) is 0 Å². The Balaban J connectivity index is 0.00000220. The number of hydrogen-bond acceptors (Lipinski definition) is 2. The third-order valence-electron chi connectivity index (χ3n) is 4.19. The Morgan fingerprint density at radius 1 is 1.33 bits per heavy atom. The van der Waals surface area contributed by atoms with E-state index >= 15 is 0 Å². The van der Waals surface area contributed by atoms with Crippen LogP contribution in [0.5, 0.6) is 0 Å². The molecule has 118 valence electrons. The van der Waals surface area contributed by atoms with Gasteiger partial charge >= 0.3 is 0 Å². The lowest BCUT2D eigenvalue weighted by atomic mass is 9.84. The Labute approximate surface area is 142 Å². The van der Waals surface area contributed by atoms with Gasteiger partial charge < -0.3 is 10.6 Å². The lowest BCUT2D eigenvalue weighted by molar-refractivity contribution is -0.140. The van der Waals surface area contributed by atoms with Gasteiger partial charge in [-0.3, -0.25) is 4.79 Å². The number of nitrogens with zero attached hydrogens (tertiary/aromatic N) is 1. The molecule has 1 saturated carbocycles. The van der Waals surface area contributed by atoms with Gasteiger partial charge in [0.25, 0.3) is 0 Å². The van der Waals surface area contributed by atoms with Crippen LogP contribution in [0.25, 0.3) is 0 Å². The molecule has 0 saturated heterocycles. The first-order chi connectivity index (χ1) is 9.50. The average Bonchev–Trinajstić information content (AvgIpc) is 2.93. The van der Waals surface area contributed by atoms with Crippen molar-refractivity contribution >= 4 is 41.5 Å². The van der Waals surface area contributed by atoms with Crippen molar-refractivity contribution < 1.29 is 4.79 Å². The molecule has 0 spiro atoms. The molecule has 1 aliphatic carbocycles. The summed E-state index contributed by atoms with van der Waals surface area (Å²) in [6, 6.07) is 5.48. The van der Waals surface area contributed by atoms with Gasteiger partial charge in [0.2, 0.25) is 5.91 Å². The van der Waals surface area contributed by atoms with E-state index in [2.05, 4.69) is 0 Å². The highest BCUT2D eigenvalue weighted by atomic mass is 35.5. The Morgan fingerprint density at radius 2 is 1.95 bits per heavy atom.